The Labute approximate surface area is 135 Å². The van der Waals surface area contributed by atoms with Crippen LogP contribution in [0.3, 0.4) is 0 Å². The Morgan fingerprint density at radius 2 is 2.23 bits per heavy atom. The largest absolute Gasteiger partial charge is 0.345 e. The van der Waals surface area contributed by atoms with Crippen LogP contribution in [0.2, 0.25) is 0 Å². The van der Waals surface area contributed by atoms with Crippen molar-refractivity contribution in [3.63, 3.8) is 0 Å². The average molecular weight is 315 g/mol. The van der Waals surface area contributed by atoms with Gasteiger partial charge in [-0.15, -0.1) is 10.2 Å². The summed E-state index contributed by atoms with van der Waals surface area (Å²) in [6, 6.07) is 6.32. The number of nitrogens with zero attached hydrogens (tertiary/aromatic N) is 5. The fourth-order valence-electron chi connectivity index (χ4n) is 3.76. The minimum Gasteiger partial charge on any atom is -0.345 e. The van der Waals surface area contributed by atoms with Crippen LogP contribution < -0.4 is 4.90 Å². The zero-order valence-electron chi connectivity index (χ0n) is 12.9. The zero-order chi connectivity index (χ0) is 15.0. The molecule has 0 aliphatic carbocycles. The summed E-state index contributed by atoms with van der Waals surface area (Å²) in [5, 5.41) is 9.31. The summed E-state index contributed by atoms with van der Waals surface area (Å²) < 4.78 is 0. The highest BCUT2D eigenvalue weighted by atomic mass is 32.1. The van der Waals surface area contributed by atoms with Crippen molar-refractivity contribution in [1.82, 2.24) is 20.1 Å². The first kappa shape index (κ1) is 14.1. The molecule has 22 heavy (non-hydrogen) atoms. The summed E-state index contributed by atoms with van der Waals surface area (Å²) in [7, 11) is 0. The van der Waals surface area contributed by atoms with Gasteiger partial charge < -0.3 is 4.90 Å². The predicted molar refractivity (Wildman–Crippen MR) is 88.1 cm³/mol. The molecule has 2 fully saturated rings. The van der Waals surface area contributed by atoms with E-state index in [1.54, 1.807) is 11.3 Å². The SMILES string of the molecule is Cc1cccc(CN2CCC23CCCN(c2nncs2)C3)n1. The van der Waals surface area contributed by atoms with Gasteiger partial charge in [-0.2, -0.15) is 0 Å². The van der Waals surface area contributed by atoms with E-state index in [-0.39, 0.29) is 0 Å². The molecule has 2 aliphatic rings. The van der Waals surface area contributed by atoms with Crippen molar-refractivity contribution in [2.75, 3.05) is 24.5 Å². The van der Waals surface area contributed by atoms with Gasteiger partial charge in [0.05, 0.1) is 5.69 Å². The molecule has 0 amide bonds. The smallest absolute Gasteiger partial charge is 0.208 e. The Bertz CT molecular complexity index is 644. The van der Waals surface area contributed by atoms with Gasteiger partial charge in [0.25, 0.3) is 0 Å². The van der Waals surface area contributed by atoms with E-state index in [1.165, 1.54) is 31.5 Å². The van der Waals surface area contributed by atoms with E-state index in [0.717, 1.165) is 30.5 Å². The molecule has 0 radical (unpaired) electrons. The van der Waals surface area contributed by atoms with Crippen LogP contribution in [0.25, 0.3) is 0 Å². The lowest BCUT2D eigenvalue weighted by Crippen LogP contribution is -2.66. The number of hydrogen-bond donors (Lipinski definition) is 0. The minimum absolute atomic E-state index is 0.315. The van der Waals surface area contributed by atoms with Crippen molar-refractivity contribution < 1.29 is 0 Å². The minimum atomic E-state index is 0.315. The first-order valence-corrected chi connectivity index (χ1v) is 8.82. The molecule has 0 bridgehead atoms. The van der Waals surface area contributed by atoms with Crippen molar-refractivity contribution >= 4 is 16.5 Å². The molecular formula is C16H21N5S. The van der Waals surface area contributed by atoms with E-state index >= 15 is 0 Å². The number of hydrogen-bond acceptors (Lipinski definition) is 6. The maximum atomic E-state index is 4.67. The van der Waals surface area contributed by atoms with Crippen molar-refractivity contribution in [2.45, 2.75) is 38.3 Å². The lowest BCUT2D eigenvalue weighted by Gasteiger charge is -2.57. The topological polar surface area (TPSA) is 45.2 Å². The van der Waals surface area contributed by atoms with E-state index in [0.29, 0.717) is 5.54 Å². The second-order valence-electron chi connectivity index (χ2n) is 6.41. The highest BCUT2D eigenvalue weighted by molar-refractivity contribution is 7.13. The molecular weight excluding hydrogens is 294 g/mol. The number of pyridine rings is 1. The third kappa shape index (κ3) is 2.50. The molecule has 2 saturated heterocycles. The predicted octanol–water partition coefficient (Wildman–Crippen LogP) is 2.49. The van der Waals surface area contributed by atoms with Gasteiger partial charge in [-0.3, -0.25) is 9.88 Å². The van der Waals surface area contributed by atoms with Crippen LogP contribution in [0.4, 0.5) is 5.13 Å². The number of anilines is 1. The Hall–Kier alpha value is -1.53. The normalized spacial score (nSPS) is 25.4. The van der Waals surface area contributed by atoms with Gasteiger partial charge in [0.15, 0.2) is 0 Å². The first-order valence-electron chi connectivity index (χ1n) is 7.94. The molecule has 0 N–H and O–H groups in total. The summed E-state index contributed by atoms with van der Waals surface area (Å²) in [6.07, 6.45) is 3.81. The number of likely N-dealkylation sites (tertiary alicyclic amines) is 1. The number of aryl methyl sites for hydroxylation is 1. The van der Waals surface area contributed by atoms with Gasteiger partial charge in [0.2, 0.25) is 5.13 Å². The molecule has 1 unspecified atom stereocenters. The van der Waals surface area contributed by atoms with E-state index in [2.05, 4.69) is 50.1 Å². The molecule has 116 valence electrons. The van der Waals surface area contributed by atoms with Gasteiger partial charge in [-0.05, 0) is 38.3 Å². The molecule has 4 rings (SSSR count). The molecule has 2 aromatic rings. The van der Waals surface area contributed by atoms with Gasteiger partial charge in [0.1, 0.15) is 5.51 Å². The van der Waals surface area contributed by atoms with E-state index in [9.17, 15) is 0 Å². The summed E-state index contributed by atoms with van der Waals surface area (Å²) in [4.78, 5) is 9.69. The van der Waals surface area contributed by atoms with E-state index < -0.39 is 0 Å². The molecule has 2 aromatic heterocycles. The Morgan fingerprint density at radius 1 is 1.27 bits per heavy atom. The van der Waals surface area contributed by atoms with Crippen LogP contribution in [0, 0.1) is 6.92 Å². The molecule has 5 nitrogen and oxygen atoms in total. The Balaban J connectivity index is 1.49. The Kier molecular flexibility index (Phi) is 3.58. The number of rotatable bonds is 3. The monoisotopic (exact) mass is 315 g/mol. The summed E-state index contributed by atoms with van der Waals surface area (Å²) >= 11 is 1.64. The summed E-state index contributed by atoms with van der Waals surface area (Å²) in [5.74, 6) is 0. The highest BCUT2D eigenvalue weighted by Gasteiger charge is 2.47. The third-order valence-corrected chi connectivity index (χ3v) is 5.74. The molecule has 6 heteroatoms. The number of aromatic nitrogens is 3. The third-order valence-electron chi connectivity index (χ3n) is 4.99. The fourth-order valence-corrected chi connectivity index (χ4v) is 4.35. The zero-order valence-corrected chi connectivity index (χ0v) is 13.7. The molecule has 1 spiro atoms. The van der Waals surface area contributed by atoms with Crippen LogP contribution in [0.15, 0.2) is 23.7 Å². The first-order chi connectivity index (χ1) is 10.8. The van der Waals surface area contributed by atoms with Crippen molar-refractivity contribution in [3.8, 4) is 0 Å². The van der Waals surface area contributed by atoms with Crippen LogP contribution in [-0.4, -0.2) is 45.3 Å². The molecule has 0 saturated carbocycles. The number of piperidine rings is 1. The molecule has 1 atom stereocenters. The standard InChI is InChI=1S/C16H21N5S/c1-13-4-2-5-14(18-13)10-21-9-7-16(21)6-3-8-20(11-16)15-19-17-12-22-15/h2,4-5,12H,3,6-11H2,1H3. The highest BCUT2D eigenvalue weighted by Crippen LogP contribution is 2.40. The van der Waals surface area contributed by atoms with Crippen molar-refractivity contribution in [1.29, 1.82) is 0 Å². The molecule has 0 aromatic carbocycles. The molecule has 2 aliphatic heterocycles. The van der Waals surface area contributed by atoms with E-state index in [1.807, 2.05) is 5.51 Å². The van der Waals surface area contributed by atoms with Crippen LogP contribution in [0.1, 0.15) is 30.7 Å². The van der Waals surface area contributed by atoms with Gasteiger partial charge in [-0.1, -0.05) is 17.4 Å². The van der Waals surface area contributed by atoms with Gasteiger partial charge >= 0.3 is 0 Å². The van der Waals surface area contributed by atoms with Crippen molar-refractivity contribution in [3.05, 3.63) is 35.1 Å². The lowest BCUT2D eigenvalue weighted by atomic mass is 9.77. The quantitative estimate of drug-likeness (QED) is 0.871. The van der Waals surface area contributed by atoms with Crippen LogP contribution >= 0.6 is 11.3 Å². The summed E-state index contributed by atoms with van der Waals surface area (Å²) in [5.41, 5.74) is 4.43. The fraction of sp³-hybridized carbons (Fsp3) is 0.562. The second-order valence-corrected chi connectivity index (χ2v) is 7.22. The Morgan fingerprint density at radius 3 is 2.95 bits per heavy atom. The van der Waals surface area contributed by atoms with Gasteiger partial charge in [-0.25, -0.2) is 0 Å². The van der Waals surface area contributed by atoms with E-state index in [4.69, 9.17) is 0 Å². The van der Waals surface area contributed by atoms with Crippen LogP contribution in [0.5, 0.6) is 0 Å². The maximum absolute atomic E-state index is 4.67. The van der Waals surface area contributed by atoms with Crippen LogP contribution in [-0.2, 0) is 6.54 Å². The average Bonchev–Trinajstić information content (AvgIpc) is 3.06. The summed E-state index contributed by atoms with van der Waals surface area (Å²) in [6.45, 7) is 6.39. The maximum Gasteiger partial charge on any atom is 0.208 e. The van der Waals surface area contributed by atoms with Crippen molar-refractivity contribution in [2.24, 2.45) is 0 Å². The molecule has 4 heterocycles. The van der Waals surface area contributed by atoms with Gasteiger partial charge in [0, 0.05) is 37.4 Å². The lowest BCUT2D eigenvalue weighted by molar-refractivity contribution is -0.0327. The second kappa shape index (κ2) is 5.59.